The van der Waals surface area contributed by atoms with Crippen LogP contribution in [-0.2, 0) is 11.2 Å². The molecule has 1 N–H and O–H groups in total. The molecule has 1 amide bonds. The number of rotatable bonds is 9. The van der Waals surface area contributed by atoms with Crippen LogP contribution in [0.1, 0.15) is 23.1 Å². The van der Waals surface area contributed by atoms with Crippen molar-refractivity contribution in [3.05, 3.63) is 53.1 Å². The first kappa shape index (κ1) is 20.2. The van der Waals surface area contributed by atoms with Crippen molar-refractivity contribution in [3.8, 4) is 11.5 Å². The fourth-order valence-electron chi connectivity index (χ4n) is 2.55. The Bertz CT molecular complexity index is 746. The van der Waals surface area contributed by atoms with Crippen LogP contribution in [0.3, 0.4) is 0 Å². The summed E-state index contributed by atoms with van der Waals surface area (Å²) in [5, 5.41) is 2.98. The number of amides is 1. The number of hydrogen-bond acceptors (Lipinski definition) is 4. The first-order chi connectivity index (χ1) is 12.5. The van der Waals surface area contributed by atoms with Gasteiger partial charge in [-0.15, -0.1) is 11.8 Å². The van der Waals surface area contributed by atoms with Crippen molar-refractivity contribution in [1.29, 1.82) is 0 Å². The first-order valence-corrected chi connectivity index (χ1v) is 9.69. The zero-order valence-electron chi connectivity index (χ0n) is 15.9. The molecular formula is C21H27NO3S. The number of aryl methyl sites for hydroxylation is 3. The van der Waals surface area contributed by atoms with Crippen molar-refractivity contribution in [3.63, 3.8) is 0 Å². The zero-order valence-corrected chi connectivity index (χ0v) is 16.7. The number of thioether (sulfide) groups is 1. The third-order valence-electron chi connectivity index (χ3n) is 4.26. The highest BCUT2D eigenvalue weighted by Gasteiger charge is 2.07. The molecule has 0 heterocycles. The molecule has 0 bridgehead atoms. The lowest BCUT2D eigenvalue weighted by Gasteiger charge is -2.10. The van der Waals surface area contributed by atoms with Crippen molar-refractivity contribution < 1.29 is 14.3 Å². The van der Waals surface area contributed by atoms with E-state index >= 15 is 0 Å². The minimum absolute atomic E-state index is 0.0699. The van der Waals surface area contributed by atoms with E-state index in [4.69, 9.17) is 9.47 Å². The molecule has 0 atom stereocenters. The summed E-state index contributed by atoms with van der Waals surface area (Å²) in [6.45, 7) is 4.90. The molecular weight excluding hydrogens is 346 g/mol. The number of hydrogen-bond donors (Lipinski definition) is 1. The standard InChI is InChI=1S/C21H27NO3S/c1-15-5-8-18(13-16(15)2)26-12-11-22-21(23)10-7-17-6-9-19(24-3)20(14-17)25-4/h5-6,8-9,13-14H,7,10-12H2,1-4H3,(H,22,23). The third kappa shape index (κ3) is 5.99. The molecule has 2 rings (SSSR count). The van der Waals surface area contributed by atoms with Gasteiger partial charge in [0.1, 0.15) is 0 Å². The quantitative estimate of drug-likeness (QED) is 0.530. The summed E-state index contributed by atoms with van der Waals surface area (Å²) in [6.07, 6.45) is 1.14. The van der Waals surface area contributed by atoms with E-state index in [1.807, 2.05) is 18.2 Å². The van der Waals surface area contributed by atoms with Crippen LogP contribution in [0.4, 0.5) is 0 Å². The lowest BCUT2D eigenvalue weighted by Crippen LogP contribution is -2.25. The van der Waals surface area contributed by atoms with E-state index in [0.29, 0.717) is 30.9 Å². The molecule has 0 unspecified atom stereocenters. The SMILES string of the molecule is COc1ccc(CCC(=O)NCCSc2ccc(C)c(C)c2)cc1OC. The number of benzene rings is 2. The second kappa shape index (κ2) is 10.1. The van der Waals surface area contributed by atoms with Gasteiger partial charge in [0.25, 0.3) is 0 Å². The van der Waals surface area contributed by atoms with Gasteiger partial charge < -0.3 is 14.8 Å². The van der Waals surface area contributed by atoms with Crippen molar-refractivity contribution in [2.75, 3.05) is 26.5 Å². The highest BCUT2D eigenvalue weighted by atomic mass is 32.2. The highest BCUT2D eigenvalue weighted by molar-refractivity contribution is 7.99. The predicted molar refractivity (Wildman–Crippen MR) is 108 cm³/mol. The Morgan fingerprint density at radius 1 is 1.00 bits per heavy atom. The molecule has 0 aliphatic heterocycles. The van der Waals surface area contributed by atoms with E-state index < -0.39 is 0 Å². The van der Waals surface area contributed by atoms with Gasteiger partial charge in [-0.1, -0.05) is 12.1 Å². The van der Waals surface area contributed by atoms with Crippen LogP contribution < -0.4 is 14.8 Å². The van der Waals surface area contributed by atoms with E-state index in [9.17, 15) is 4.79 Å². The van der Waals surface area contributed by atoms with Gasteiger partial charge in [-0.3, -0.25) is 4.79 Å². The first-order valence-electron chi connectivity index (χ1n) is 8.71. The van der Waals surface area contributed by atoms with Gasteiger partial charge in [-0.25, -0.2) is 0 Å². The minimum Gasteiger partial charge on any atom is -0.493 e. The van der Waals surface area contributed by atoms with Gasteiger partial charge in [0.2, 0.25) is 5.91 Å². The molecule has 0 aliphatic rings. The minimum atomic E-state index is 0.0699. The average Bonchev–Trinajstić information content (AvgIpc) is 2.66. The van der Waals surface area contributed by atoms with E-state index in [-0.39, 0.29) is 5.91 Å². The molecule has 0 fully saturated rings. The molecule has 0 spiro atoms. The Hall–Kier alpha value is -2.14. The number of carbonyl (C=O) groups is 1. The highest BCUT2D eigenvalue weighted by Crippen LogP contribution is 2.28. The summed E-state index contributed by atoms with van der Waals surface area (Å²) >= 11 is 1.76. The molecule has 0 saturated heterocycles. The van der Waals surface area contributed by atoms with Crippen molar-refractivity contribution in [2.24, 2.45) is 0 Å². The van der Waals surface area contributed by atoms with Gasteiger partial charge in [0.15, 0.2) is 11.5 Å². The summed E-state index contributed by atoms with van der Waals surface area (Å²) in [7, 11) is 3.22. The molecule has 0 aromatic heterocycles. The van der Waals surface area contributed by atoms with E-state index in [1.165, 1.54) is 16.0 Å². The van der Waals surface area contributed by atoms with Crippen LogP contribution in [0.15, 0.2) is 41.3 Å². The smallest absolute Gasteiger partial charge is 0.220 e. The van der Waals surface area contributed by atoms with Gasteiger partial charge in [-0.2, -0.15) is 0 Å². The van der Waals surface area contributed by atoms with Crippen LogP contribution in [0.2, 0.25) is 0 Å². The number of nitrogens with one attached hydrogen (secondary N) is 1. The van der Waals surface area contributed by atoms with E-state index in [1.54, 1.807) is 26.0 Å². The van der Waals surface area contributed by atoms with Crippen LogP contribution in [0.25, 0.3) is 0 Å². The maximum atomic E-state index is 12.0. The topological polar surface area (TPSA) is 47.6 Å². The molecule has 0 saturated carbocycles. The molecule has 0 radical (unpaired) electrons. The Balaban J connectivity index is 1.71. The van der Waals surface area contributed by atoms with Gasteiger partial charge in [0, 0.05) is 23.6 Å². The van der Waals surface area contributed by atoms with Crippen molar-refractivity contribution in [1.82, 2.24) is 5.32 Å². The summed E-state index contributed by atoms with van der Waals surface area (Å²) in [6, 6.07) is 12.2. The summed E-state index contributed by atoms with van der Waals surface area (Å²) < 4.78 is 10.5. The number of ether oxygens (including phenoxy) is 2. The molecule has 2 aromatic carbocycles. The molecule has 140 valence electrons. The average molecular weight is 374 g/mol. The number of carbonyl (C=O) groups excluding carboxylic acids is 1. The van der Waals surface area contributed by atoms with Crippen LogP contribution in [0, 0.1) is 13.8 Å². The largest absolute Gasteiger partial charge is 0.493 e. The Morgan fingerprint density at radius 2 is 1.77 bits per heavy atom. The van der Waals surface area contributed by atoms with E-state index in [2.05, 4.69) is 37.4 Å². The Kier molecular flexibility index (Phi) is 7.85. The molecule has 2 aromatic rings. The monoisotopic (exact) mass is 373 g/mol. The maximum Gasteiger partial charge on any atom is 0.220 e. The van der Waals surface area contributed by atoms with Gasteiger partial charge in [-0.05, 0) is 61.2 Å². The van der Waals surface area contributed by atoms with Crippen LogP contribution in [0.5, 0.6) is 11.5 Å². The zero-order chi connectivity index (χ0) is 18.9. The summed E-state index contributed by atoms with van der Waals surface area (Å²) in [5.41, 5.74) is 3.66. The lowest BCUT2D eigenvalue weighted by molar-refractivity contribution is -0.120. The second-order valence-electron chi connectivity index (χ2n) is 6.13. The lowest BCUT2D eigenvalue weighted by atomic mass is 10.1. The molecule has 0 aliphatic carbocycles. The van der Waals surface area contributed by atoms with Crippen LogP contribution >= 0.6 is 11.8 Å². The normalized spacial score (nSPS) is 10.5. The van der Waals surface area contributed by atoms with Crippen molar-refractivity contribution >= 4 is 17.7 Å². The molecule has 5 heteroatoms. The Labute approximate surface area is 160 Å². The summed E-state index contributed by atoms with van der Waals surface area (Å²) in [5.74, 6) is 2.32. The van der Waals surface area contributed by atoms with E-state index in [0.717, 1.165) is 11.3 Å². The molecule has 4 nitrogen and oxygen atoms in total. The van der Waals surface area contributed by atoms with Gasteiger partial charge >= 0.3 is 0 Å². The third-order valence-corrected chi connectivity index (χ3v) is 5.26. The fraction of sp³-hybridized carbons (Fsp3) is 0.381. The van der Waals surface area contributed by atoms with Crippen LogP contribution in [-0.4, -0.2) is 32.4 Å². The number of methoxy groups -OCH3 is 2. The van der Waals surface area contributed by atoms with Crippen molar-refractivity contribution in [2.45, 2.75) is 31.6 Å². The molecule has 26 heavy (non-hydrogen) atoms. The maximum absolute atomic E-state index is 12.0. The fourth-order valence-corrected chi connectivity index (χ4v) is 3.41. The Morgan fingerprint density at radius 3 is 2.46 bits per heavy atom. The second-order valence-corrected chi connectivity index (χ2v) is 7.30. The predicted octanol–water partition coefficient (Wildman–Crippen LogP) is 4.16. The van der Waals surface area contributed by atoms with Gasteiger partial charge in [0.05, 0.1) is 14.2 Å². The summed E-state index contributed by atoms with van der Waals surface area (Å²) in [4.78, 5) is 13.3.